The van der Waals surface area contributed by atoms with E-state index in [0.717, 1.165) is 38.5 Å². The van der Waals surface area contributed by atoms with E-state index in [0.29, 0.717) is 6.42 Å². The summed E-state index contributed by atoms with van der Waals surface area (Å²) in [5, 5.41) is 8.51. The number of unbranched alkanes of at least 4 members (excludes halogenated alkanes) is 2. The molecule has 0 saturated carbocycles. The van der Waals surface area contributed by atoms with Crippen LogP contribution in [-0.2, 0) is 24.4 Å². The molecule has 0 rings (SSSR count). The van der Waals surface area contributed by atoms with Crippen molar-refractivity contribution < 1.29 is 62.0 Å². The summed E-state index contributed by atoms with van der Waals surface area (Å²) < 4.78 is 37.0. The smallest absolute Gasteiger partial charge is 0.550 e. The number of rotatable bonds is 13. The second-order valence-electron chi connectivity index (χ2n) is 6.01. The molecule has 0 aromatic rings. The molecule has 7 nitrogen and oxygen atoms in total. The predicted octanol–water partition coefficient (Wildman–Crippen LogP) is -1.29. The van der Waals surface area contributed by atoms with Crippen LogP contribution in [0.5, 0.6) is 0 Å². The van der Waals surface area contributed by atoms with Crippen molar-refractivity contribution in [2.75, 3.05) is 0 Å². The van der Waals surface area contributed by atoms with Crippen LogP contribution in [0.25, 0.3) is 0 Å². The van der Waals surface area contributed by atoms with E-state index in [1.165, 1.54) is 0 Å². The zero-order valence-corrected chi connectivity index (χ0v) is 18.5. The van der Waals surface area contributed by atoms with Gasteiger partial charge in [-0.05, 0) is 25.2 Å². The van der Waals surface area contributed by atoms with Crippen molar-refractivity contribution in [3.05, 3.63) is 0 Å². The molecule has 0 radical (unpaired) electrons. The van der Waals surface area contributed by atoms with Gasteiger partial charge in [0, 0.05) is 12.4 Å². The van der Waals surface area contributed by atoms with Crippen molar-refractivity contribution in [1.29, 1.82) is 0 Å². The molecule has 0 amide bonds. The normalized spacial score (nSPS) is 14.9. The Morgan fingerprint density at radius 3 is 2.00 bits per heavy atom. The molecule has 0 aliphatic rings. The van der Waals surface area contributed by atoms with E-state index >= 15 is 0 Å². The van der Waals surface area contributed by atoms with E-state index in [1.807, 2.05) is 20.8 Å². The monoisotopic (exact) mass is 388 g/mol. The van der Waals surface area contributed by atoms with E-state index in [9.17, 15) is 23.1 Å². The summed E-state index contributed by atoms with van der Waals surface area (Å²) in [5.41, 5.74) is 0. The van der Waals surface area contributed by atoms with Crippen molar-refractivity contribution >= 4 is 22.1 Å². The maximum absolute atomic E-state index is 12.1. The molecule has 0 aromatic heterocycles. The van der Waals surface area contributed by atoms with Crippen LogP contribution in [0, 0.1) is 5.92 Å². The van der Waals surface area contributed by atoms with Gasteiger partial charge in [0.05, 0.1) is 0 Å². The molecule has 0 heterocycles. The number of aliphatic carboxylic acids is 1. The van der Waals surface area contributed by atoms with Gasteiger partial charge in [0.15, 0.2) is 5.25 Å². The van der Waals surface area contributed by atoms with Crippen LogP contribution in [0.3, 0.4) is 0 Å². The number of carbonyl (C=O) groups is 2. The molecular weight excluding hydrogens is 359 g/mol. The van der Waals surface area contributed by atoms with Gasteiger partial charge < -0.3 is 14.6 Å². The Morgan fingerprint density at radius 1 is 1.08 bits per heavy atom. The molecule has 0 saturated heterocycles. The van der Waals surface area contributed by atoms with E-state index < -0.39 is 39.8 Å². The first kappa shape index (κ1) is 27.1. The van der Waals surface area contributed by atoms with Crippen LogP contribution in [0.15, 0.2) is 0 Å². The topological polar surface area (TPSA) is 121 Å². The number of hydrogen-bond acceptors (Lipinski definition) is 6. The van der Waals surface area contributed by atoms with Crippen LogP contribution < -0.4 is 34.7 Å². The SMILES string of the molecule is CCCCC(CC)C(CCCC)OC(=O)C(CC(=O)[O-])S(=O)(=O)O.[Na+]. The molecule has 3 atom stereocenters. The van der Waals surface area contributed by atoms with Gasteiger partial charge in [0.25, 0.3) is 10.1 Å². The van der Waals surface area contributed by atoms with Gasteiger partial charge in [-0.25, -0.2) is 0 Å². The Bertz CT molecular complexity index is 493. The molecule has 142 valence electrons. The summed E-state index contributed by atoms with van der Waals surface area (Å²) in [6.07, 6.45) is 4.21. The fourth-order valence-electron chi connectivity index (χ4n) is 2.60. The van der Waals surface area contributed by atoms with Gasteiger partial charge in [-0.2, -0.15) is 8.42 Å². The molecular formula is C16H29NaO7S. The predicted molar refractivity (Wildman–Crippen MR) is 87.7 cm³/mol. The Kier molecular flexibility index (Phi) is 15.1. The zero-order chi connectivity index (χ0) is 18.8. The van der Waals surface area contributed by atoms with Gasteiger partial charge >= 0.3 is 35.5 Å². The molecule has 1 N–H and O–H groups in total. The van der Waals surface area contributed by atoms with Gasteiger partial charge in [-0.3, -0.25) is 9.35 Å². The molecule has 0 bridgehead atoms. The zero-order valence-electron chi connectivity index (χ0n) is 15.7. The van der Waals surface area contributed by atoms with Crippen molar-refractivity contribution in [3.63, 3.8) is 0 Å². The first-order valence-electron chi connectivity index (χ1n) is 8.53. The van der Waals surface area contributed by atoms with Crippen LogP contribution in [-0.4, -0.2) is 36.3 Å². The minimum atomic E-state index is -4.87. The van der Waals surface area contributed by atoms with Gasteiger partial charge in [-0.15, -0.1) is 0 Å². The van der Waals surface area contributed by atoms with E-state index in [4.69, 9.17) is 9.29 Å². The Balaban J connectivity index is 0. The van der Waals surface area contributed by atoms with Crippen molar-refractivity contribution in [2.24, 2.45) is 5.92 Å². The fourth-order valence-corrected chi connectivity index (χ4v) is 3.25. The molecule has 0 fully saturated rings. The summed E-state index contributed by atoms with van der Waals surface area (Å²) in [5.74, 6) is -2.89. The Labute approximate surface area is 172 Å². The Hall–Kier alpha value is -0.150. The minimum Gasteiger partial charge on any atom is -0.550 e. The summed E-state index contributed by atoms with van der Waals surface area (Å²) in [7, 11) is -4.87. The van der Waals surface area contributed by atoms with Crippen molar-refractivity contribution in [3.8, 4) is 0 Å². The Morgan fingerprint density at radius 2 is 1.60 bits per heavy atom. The van der Waals surface area contributed by atoms with E-state index in [-0.39, 0.29) is 35.5 Å². The number of ether oxygens (including phenoxy) is 1. The van der Waals surface area contributed by atoms with Crippen LogP contribution >= 0.6 is 0 Å². The van der Waals surface area contributed by atoms with E-state index in [1.54, 1.807) is 0 Å². The minimum absolute atomic E-state index is 0. The second-order valence-corrected chi connectivity index (χ2v) is 7.61. The van der Waals surface area contributed by atoms with Crippen LogP contribution in [0.2, 0.25) is 0 Å². The van der Waals surface area contributed by atoms with Gasteiger partial charge in [0.1, 0.15) is 6.10 Å². The number of esters is 1. The summed E-state index contributed by atoms with van der Waals surface area (Å²) in [6, 6.07) is 0. The quantitative estimate of drug-likeness (QED) is 0.237. The summed E-state index contributed by atoms with van der Waals surface area (Å²) >= 11 is 0. The van der Waals surface area contributed by atoms with Crippen LogP contribution in [0.1, 0.15) is 72.1 Å². The van der Waals surface area contributed by atoms with Crippen molar-refractivity contribution in [2.45, 2.75) is 83.5 Å². The number of hydrogen-bond donors (Lipinski definition) is 1. The first-order chi connectivity index (χ1) is 11.2. The average molecular weight is 388 g/mol. The average Bonchev–Trinajstić information content (AvgIpc) is 2.49. The molecule has 0 aliphatic heterocycles. The third-order valence-electron chi connectivity index (χ3n) is 4.06. The first-order valence-corrected chi connectivity index (χ1v) is 10.0. The second kappa shape index (κ2) is 14.0. The number of carboxylic acids is 1. The molecule has 9 heteroatoms. The number of carbonyl (C=O) groups excluding carboxylic acids is 2. The van der Waals surface area contributed by atoms with Gasteiger partial charge in [-0.1, -0.05) is 46.5 Å². The fraction of sp³-hybridized carbons (Fsp3) is 0.875. The summed E-state index contributed by atoms with van der Waals surface area (Å²) in [6.45, 7) is 6.01. The largest absolute Gasteiger partial charge is 1.00 e. The molecule has 0 spiro atoms. The maximum Gasteiger partial charge on any atom is 1.00 e. The summed E-state index contributed by atoms with van der Waals surface area (Å²) in [4.78, 5) is 22.8. The molecule has 25 heavy (non-hydrogen) atoms. The van der Waals surface area contributed by atoms with Gasteiger partial charge in [0.2, 0.25) is 0 Å². The standard InChI is InChI=1S/C16H30O7S.Na/c1-4-7-9-12(6-3)13(10-8-5-2)23-16(19)14(11-15(17)18)24(20,21)22;/h12-14H,4-11H2,1-3H3,(H,17,18)(H,20,21,22);/q;+1/p-1. The molecule has 0 aliphatic carbocycles. The van der Waals surface area contributed by atoms with E-state index in [2.05, 4.69) is 0 Å². The third-order valence-corrected chi connectivity index (χ3v) is 5.14. The van der Waals surface area contributed by atoms with Crippen LogP contribution in [0.4, 0.5) is 0 Å². The third kappa shape index (κ3) is 11.2. The molecule has 3 unspecified atom stereocenters. The molecule has 0 aromatic carbocycles. The maximum atomic E-state index is 12.1. The number of carboxylic acid groups (broad SMARTS) is 1. The van der Waals surface area contributed by atoms with Crippen molar-refractivity contribution in [1.82, 2.24) is 0 Å².